The zero-order valence-electron chi connectivity index (χ0n) is 6.33. The Kier molecular flexibility index (Phi) is 4.96. The molecule has 0 aromatic heterocycles. The van der Waals surface area contributed by atoms with Crippen LogP contribution < -0.4 is 0 Å². The van der Waals surface area contributed by atoms with E-state index in [9.17, 15) is 0 Å². The SMILES string of the molecule is CP.Cc1ccccc1O. The normalized spacial score (nSPS) is 7.90. The van der Waals surface area contributed by atoms with Crippen molar-refractivity contribution >= 4 is 9.24 Å². The second-order valence-corrected chi connectivity index (χ2v) is 1.79. The minimum Gasteiger partial charge on any atom is -0.508 e. The molecule has 0 amide bonds. The van der Waals surface area contributed by atoms with Crippen LogP contribution in [0.25, 0.3) is 0 Å². The molecule has 56 valence electrons. The van der Waals surface area contributed by atoms with E-state index in [0.717, 1.165) is 5.56 Å². The van der Waals surface area contributed by atoms with E-state index in [2.05, 4.69) is 9.24 Å². The Bertz CT molecular complexity index is 165. The maximum absolute atomic E-state index is 8.92. The lowest BCUT2D eigenvalue weighted by atomic mass is 10.2. The van der Waals surface area contributed by atoms with E-state index >= 15 is 0 Å². The number of phenols is 1. The van der Waals surface area contributed by atoms with Gasteiger partial charge in [0.05, 0.1) is 0 Å². The molecule has 1 nitrogen and oxygen atoms in total. The molecule has 10 heavy (non-hydrogen) atoms. The molecular formula is C8H13OP. The molecule has 1 unspecified atom stereocenters. The van der Waals surface area contributed by atoms with Crippen molar-refractivity contribution in [3.8, 4) is 5.75 Å². The summed E-state index contributed by atoms with van der Waals surface area (Å²) in [5.41, 5.74) is 0.924. The minimum atomic E-state index is 0.368. The van der Waals surface area contributed by atoms with E-state index in [4.69, 9.17) is 5.11 Å². The van der Waals surface area contributed by atoms with Crippen LogP contribution in [-0.4, -0.2) is 11.8 Å². The van der Waals surface area contributed by atoms with Gasteiger partial charge in [0.15, 0.2) is 0 Å². The predicted molar refractivity (Wildman–Crippen MR) is 48.5 cm³/mol. The molecule has 0 aliphatic carbocycles. The van der Waals surface area contributed by atoms with E-state index in [1.807, 2.05) is 31.8 Å². The van der Waals surface area contributed by atoms with Crippen LogP contribution in [0.1, 0.15) is 5.56 Å². The van der Waals surface area contributed by atoms with Crippen LogP contribution in [0.15, 0.2) is 24.3 Å². The third kappa shape index (κ3) is 2.84. The lowest BCUT2D eigenvalue weighted by molar-refractivity contribution is 0.471. The summed E-state index contributed by atoms with van der Waals surface area (Å²) in [6.07, 6.45) is 0. The maximum atomic E-state index is 8.92. The molecule has 0 radical (unpaired) electrons. The Balaban J connectivity index is 0.000000371. The number of para-hydroxylation sites is 1. The van der Waals surface area contributed by atoms with Crippen molar-refractivity contribution < 1.29 is 5.11 Å². The van der Waals surface area contributed by atoms with Gasteiger partial charge in [-0.05, 0) is 18.6 Å². The summed E-state index contributed by atoms with van der Waals surface area (Å²) >= 11 is 0. The quantitative estimate of drug-likeness (QED) is 0.571. The van der Waals surface area contributed by atoms with Crippen molar-refractivity contribution in [2.24, 2.45) is 0 Å². The van der Waals surface area contributed by atoms with Gasteiger partial charge in [0.2, 0.25) is 0 Å². The average molecular weight is 156 g/mol. The lowest BCUT2D eigenvalue weighted by Crippen LogP contribution is -1.68. The highest BCUT2D eigenvalue weighted by atomic mass is 31.0. The van der Waals surface area contributed by atoms with E-state index in [1.54, 1.807) is 6.07 Å². The van der Waals surface area contributed by atoms with Gasteiger partial charge in [-0.2, -0.15) is 0 Å². The Labute approximate surface area is 64.3 Å². The summed E-state index contributed by atoms with van der Waals surface area (Å²) < 4.78 is 0. The van der Waals surface area contributed by atoms with Crippen molar-refractivity contribution in [3.05, 3.63) is 29.8 Å². The molecule has 0 spiro atoms. The molecule has 0 saturated carbocycles. The summed E-state index contributed by atoms with van der Waals surface area (Å²) in [7, 11) is 2.42. The molecule has 0 heterocycles. The second kappa shape index (κ2) is 5.25. The molecule has 0 fully saturated rings. The van der Waals surface area contributed by atoms with Gasteiger partial charge in [0.25, 0.3) is 0 Å². The first kappa shape index (κ1) is 9.45. The van der Waals surface area contributed by atoms with Crippen LogP contribution in [0.5, 0.6) is 5.75 Å². The molecule has 0 aliphatic rings. The van der Waals surface area contributed by atoms with Gasteiger partial charge in [-0.3, -0.25) is 0 Å². The topological polar surface area (TPSA) is 20.2 Å². The van der Waals surface area contributed by atoms with Crippen LogP contribution in [0.3, 0.4) is 0 Å². The predicted octanol–water partition coefficient (Wildman–Crippen LogP) is 2.19. The van der Waals surface area contributed by atoms with E-state index in [0.29, 0.717) is 5.75 Å². The first-order valence-electron chi connectivity index (χ1n) is 3.13. The molecule has 0 aliphatic heterocycles. The molecule has 1 aromatic carbocycles. The number of aryl methyl sites for hydroxylation is 1. The lowest BCUT2D eigenvalue weighted by Gasteiger charge is -1.92. The van der Waals surface area contributed by atoms with Crippen molar-refractivity contribution in [1.82, 2.24) is 0 Å². The molecule has 0 bridgehead atoms. The van der Waals surface area contributed by atoms with Gasteiger partial charge in [0.1, 0.15) is 5.75 Å². The van der Waals surface area contributed by atoms with E-state index in [-0.39, 0.29) is 0 Å². The summed E-state index contributed by atoms with van der Waals surface area (Å²) in [5, 5.41) is 8.92. The first-order chi connectivity index (χ1) is 4.80. The summed E-state index contributed by atoms with van der Waals surface area (Å²) in [6.45, 7) is 3.79. The zero-order chi connectivity index (χ0) is 7.98. The minimum absolute atomic E-state index is 0.368. The second-order valence-electron chi connectivity index (χ2n) is 1.79. The monoisotopic (exact) mass is 156 g/mol. The number of rotatable bonds is 0. The number of hydrogen-bond donors (Lipinski definition) is 1. The maximum Gasteiger partial charge on any atom is 0.118 e. The molecule has 1 aromatic rings. The summed E-state index contributed by atoms with van der Waals surface area (Å²) in [6, 6.07) is 7.25. The largest absolute Gasteiger partial charge is 0.508 e. The molecular weight excluding hydrogens is 143 g/mol. The fourth-order valence-electron chi connectivity index (χ4n) is 0.563. The van der Waals surface area contributed by atoms with Gasteiger partial charge >= 0.3 is 0 Å². The summed E-state index contributed by atoms with van der Waals surface area (Å²) in [4.78, 5) is 0. The van der Waals surface area contributed by atoms with Crippen LogP contribution in [0, 0.1) is 6.92 Å². The van der Waals surface area contributed by atoms with Gasteiger partial charge in [-0.1, -0.05) is 24.9 Å². The van der Waals surface area contributed by atoms with Gasteiger partial charge in [0, 0.05) is 0 Å². The smallest absolute Gasteiger partial charge is 0.118 e. The van der Waals surface area contributed by atoms with Crippen molar-refractivity contribution in [1.29, 1.82) is 0 Å². The summed E-state index contributed by atoms with van der Waals surface area (Å²) in [5.74, 6) is 0.368. The first-order valence-corrected chi connectivity index (χ1v) is 4.28. The highest BCUT2D eigenvalue weighted by Crippen LogP contribution is 2.12. The zero-order valence-corrected chi connectivity index (χ0v) is 7.49. The van der Waals surface area contributed by atoms with Crippen molar-refractivity contribution in [2.45, 2.75) is 6.92 Å². The number of benzene rings is 1. The van der Waals surface area contributed by atoms with Gasteiger partial charge in [-0.15, -0.1) is 9.24 Å². The molecule has 1 rings (SSSR count). The number of aromatic hydroxyl groups is 1. The Morgan fingerprint density at radius 2 is 1.70 bits per heavy atom. The third-order valence-corrected chi connectivity index (χ3v) is 1.12. The molecule has 2 heteroatoms. The van der Waals surface area contributed by atoms with Crippen LogP contribution >= 0.6 is 9.24 Å². The fourth-order valence-corrected chi connectivity index (χ4v) is 0.563. The molecule has 0 saturated heterocycles. The Morgan fingerprint density at radius 3 is 2.00 bits per heavy atom. The van der Waals surface area contributed by atoms with Crippen molar-refractivity contribution in [3.63, 3.8) is 0 Å². The highest BCUT2D eigenvalue weighted by Gasteiger charge is 1.86. The van der Waals surface area contributed by atoms with E-state index in [1.165, 1.54) is 0 Å². The Morgan fingerprint density at radius 1 is 1.20 bits per heavy atom. The highest BCUT2D eigenvalue weighted by molar-refractivity contribution is 7.15. The van der Waals surface area contributed by atoms with Crippen molar-refractivity contribution in [2.75, 3.05) is 6.66 Å². The third-order valence-electron chi connectivity index (χ3n) is 1.12. The standard InChI is InChI=1S/C7H8O.CH5P/c1-6-4-2-3-5-7(6)8;1-2/h2-5,8H,1H3;2H2,1H3. The number of hydrogen-bond acceptors (Lipinski definition) is 1. The van der Waals surface area contributed by atoms with Crippen LogP contribution in [0.4, 0.5) is 0 Å². The van der Waals surface area contributed by atoms with E-state index < -0.39 is 0 Å². The number of phenolic OH excluding ortho intramolecular Hbond substituents is 1. The van der Waals surface area contributed by atoms with Gasteiger partial charge in [-0.25, -0.2) is 0 Å². The van der Waals surface area contributed by atoms with Gasteiger partial charge < -0.3 is 5.11 Å². The van der Waals surface area contributed by atoms with Crippen LogP contribution in [-0.2, 0) is 0 Å². The Hall–Kier alpha value is -0.550. The fraction of sp³-hybridized carbons (Fsp3) is 0.250. The molecule has 1 N–H and O–H groups in total. The average Bonchev–Trinajstić information content (AvgIpc) is 2.00. The molecule has 1 atom stereocenters. The van der Waals surface area contributed by atoms with Crippen LogP contribution in [0.2, 0.25) is 0 Å².